The summed E-state index contributed by atoms with van der Waals surface area (Å²) >= 11 is 1.65. The van der Waals surface area contributed by atoms with Gasteiger partial charge in [-0.3, -0.25) is 4.98 Å². The Morgan fingerprint density at radius 2 is 2.58 bits per heavy atom. The van der Waals surface area contributed by atoms with Crippen LogP contribution in [0.3, 0.4) is 0 Å². The standard InChI is InChI=1S/C8H14N2OS/c1-7(2-3-11)10-5-8-4-9-6-12-8/h4,6-7,10-11H,2-3,5H2,1H3. The summed E-state index contributed by atoms with van der Waals surface area (Å²) in [6.45, 7) is 3.17. The Morgan fingerprint density at radius 3 is 3.17 bits per heavy atom. The van der Waals surface area contributed by atoms with Crippen LogP contribution in [-0.4, -0.2) is 22.7 Å². The van der Waals surface area contributed by atoms with Crippen molar-refractivity contribution in [3.63, 3.8) is 0 Å². The van der Waals surface area contributed by atoms with E-state index in [4.69, 9.17) is 5.11 Å². The highest BCUT2D eigenvalue weighted by Crippen LogP contribution is 2.04. The maximum absolute atomic E-state index is 8.64. The van der Waals surface area contributed by atoms with Crippen molar-refractivity contribution in [1.29, 1.82) is 0 Å². The summed E-state index contributed by atoms with van der Waals surface area (Å²) in [6.07, 6.45) is 2.67. The number of hydrogen-bond donors (Lipinski definition) is 2. The third-order valence-corrected chi connectivity index (χ3v) is 2.45. The largest absolute Gasteiger partial charge is 0.396 e. The molecule has 0 aliphatic heterocycles. The molecule has 68 valence electrons. The van der Waals surface area contributed by atoms with Crippen LogP contribution in [-0.2, 0) is 6.54 Å². The van der Waals surface area contributed by atoms with Crippen LogP contribution < -0.4 is 5.32 Å². The van der Waals surface area contributed by atoms with Gasteiger partial charge in [-0.05, 0) is 13.3 Å². The van der Waals surface area contributed by atoms with Crippen LogP contribution in [0.5, 0.6) is 0 Å². The fourth-order valence-corrected chi connectivity index (χ4v) is 1.45. The summed E-state index contributed by atoms with van der Waals surface area (Å²) in [7, 11) is 0. The van der Waals surface area contributed by atoms with Gasteiger partial charge in [0.25, 0.3) is 0 Å². The molecule has 0 spiro atoms. The monoisotopic (exact) mass is 186 g/mol. The molecule has 1 unspecified atom stereocenters. The van der Waals surface area contributed by atoms with Crippen molar-refractivity contribution in [2.24, 2.45) is 0 Å². The Labute approximate surface area is 76.5 Å². The molecule has 0 amide bonds. The van der Waals surface area contributed by atoms with Crippen LogP contribution in [0.1, 0.15) is 18.2 Å². The lowest BCUT2D eigenvalue weighted by Crippen LogP contribution is -2.25. The second-order valence-corrected chi connectivity index (χ2v) is 3.73. The number of aliphatic hydroxyl groups is 1. The van der Waals surface area contributed by atoms with Crippen LogP contribution in [0.25, 0.3) is 0 Å². The number of nitrogens with one attached hydrogen (secondary N) is 1. The number of thiazole rings is 1. The molecular weight excluding hydrogens is 172 g/mol. The summed E-state index contributed by atoms with van der Waals surface area (Å²) in [6, 6.07) is 0.372. The van der Waals surface area contributed by atoms with Gasteiger partial charge in [-0.2, -0.15) is 0 Å². The van der Waals surface area contributed by atoms with E-state index in [0.717, 1.165) is 13.0 Å². The molecule has 0 radical (unpaired) electrons. The molecule has 2 N–H and O–H groups in total. The van der Waals surface area contributed by atoms with Crippen LogP contribution in [0.15, 0.2) is 11.7 Å². The van der Waals surface area contributed by atoms with Crippen molar-refractivity contribution in [2.45, 2.75) is 25.9 Å². The molecule has 0 saturated heterocycles. The van der Waals surface area contributed by atoms with Gasteiger partial charge in [0.05, 0.1) is 5.51 Å². The third-order valence-electron chi connectivity index (χ3n) is 1.67. The van der Waals surface area contributed by atoms with E-state index in [0.29, 0.717) is 6.04 Å². The fourth-order valence-electron chi connectivity index (χ4n) is 0.900. The molecule has 0 aliphatic rings. The van der Waals surface area contributed by atoms with Crippen molar-refractivity contribution in [3.8, 4) is 0 Å². The van der Waals surface area contributed by atoms with Gasteiger partial charge < -0.3 is 10.4 Å². The average molecular weight is 186 g/mol. The third kappa shape index (κ3) is 3.30. The highest BCUT2D eigenvalue weighted by atomic mass is 32.1. The van der Waals surface area contributed by atoms with Crippen molar-refractivity contribution in [2.75, 3.05) is 6.61 Å². The maximum Gasteiger partial charge on any atom is 0.0794 e. The Kier molecular flexibility index (Phi) is 4.21. The highest BCUT2D eigenvalue weighted by Gasteiger charge is 2.00. The molecule has 4 heteroatoms. The van der Waals surface area contributed by atoms with Crippen LogP contribution in [0.4, 0.5) is 0 Å². The van der Waals surface area contributed by atoms with Gasteiger partial charge in [0, 0.05) is 30.3 Å². The quantitative estimate of drug-likeness (QED) is 0.721. The average Bonchev–Trinajstić information content (AvgIpc) is 2.53. The molecule has 1 rings (SSSR count). The topological polar surface area (TPSA) is 45.1 Å². The van der Waals surface area contributed by atoms with Crippen molar-refractivity contribution < 1.29 is 5.11 Å². The molecule has 1 atom stereocenters. The predicted molar refractivity (Wildman–Crippen MR) is 50.1 cm³/mol. The fraction of sp³-hybridized carbons (Fsp3) is 0.625. The first-order chi connectivity index (χ1) is 5.83. The molecule has 1 aromatic rings. The minimum absolute atomic E-state index is 0.247. The predicted octanol–water partition coefficient (Wildman–Crippen LogP) is 1.00. The summed E-state index contributed by atoms with van der Waals surface area (Å²) < 4.78 is 0. The van der Waals surface area contributed by atoms with Crippen molar-refractivity contribution in [1.82, 2.24) is 10.3 Å². The van der Waals surface area contributed by atoms with E-state index in [1.54, 1.807) is 11.3 Å². The second kappa shape index (κ2) is 5.24. The molecule has 0 aromatic carbocycles. The van der Waals surface area contributed by atoms with E-state index in [1.807, 2.05) is 11.7 Å². The van der Waals surface area contributed by atoms with E-state index in [9.17, 15) is 0 Å². The van der Waals surface area contributed by atoms with Gasteiger partial charge in [-0.15, -0.1) is 11.3 Å². The van der Waals surface area contributed by atoms with E-state index in [1.165, 1.54) is 4.88 Å². The minimum atomic E-state index is 0.247. The van der Waals surface area contributed by atoms with E-state index in [-0.39, 0.29) is 6.61 Å². The van der Waals surface area contributed by atoms with Crippen molar-refractivity contribution in [3.05, 3.63) is 16.6 Å². The van der Waals surface area contributed by atoms with Crippen LogP contribution >= 0.6 is 11.3 Å². The molecule has 12 heavy (non-hydrogen) atoms. The summed E-state index contributed by atoms with van der Waals surface area (Å²) in [5.41, 5.74) is 1.83. The van der Waals surface area contributed by atoms with E-state index >= 15 is 0 Å². The van der Waals surface area contributed by atoms with Gasteiger partial charge in [0.2, 0.25) is 0 Å². The van der Waals surface area contributed by atoms with Crippen molar-refractivity contribution >= 4 is 11.3 Å². The van der Waals surface area contributed by atoms with Crippen LogP contribution in [0.2, 0.25) is 0 Å². The normalized spacial score (nSPS) is 13.2. The SMILES string of the molecule is CC(CCO)NCc1cncs1. The Morgan fingerprint density at radius 1 is 1.75 bits per heavy atom. The Balaban J connectivity index is 2.17. The van der Waals surface area contributed by atoms with Gasteiger partial charge >= 0.3 is 0 Å². The highest BCUT2D eigenvalue weighted by molar-refractivity contribution is 7.09. The number of rotatable bonds is 5. The molecule has 1 aromatic heterocycles. The number of aliphatic hydroxyl groups excluding tert-OH is 1. The molecule has 0 saturated carbocycles. The zero-order valence-corrected chi connectivity index (χ0v) is 7.97. The Hall–Kier alpha value is -0.450. The molecule has 3 nitrogen and oxygen atoms in total. The lowest BCUT2D eigenvalue weighted by atomic mass is 10.2. The second-order valence-electron chi connectivity index (χ2n) is 2.76. The lowest BCUT2D eigenvalue weighted by Gasteiger charge is -2.10. The summed E-state index contributed by atoms with van der Waals surface area (Å²) in [4.78, 5) is 5.21. The maximum atomic E-state index is 8.64. The van der Waals surface area contributed by atoms with Crippen LogP contribution in [0, 0.1) is 0 Å². The van der Waals surface area contributed by atoms with E-state index < -0.39 is 0 Å². The smallest absolute Gasteiger partial charge is 0.0794 e. The minimum Gasteiger partial charge on any atom is -0.396 e. The molecule has 0 bridgehead atoms. The van der Waals surface area contributed by atoms with Gasteiger partial charge in [0.1, 0.15) is 0 Å². The Bertz CT molecular complexity index is 201. The number of hydrogen-bond acceptors (Lipinski definition) is 4. The van der Waals surface area contributed by atoms with E-state index in [2.05, 4.69) is 17.2 Å². The van der Waals surface area contributed by atoms with Gasteiger partial charge in [-0.25, -0.2) is 0 Å². The first kappa shape index (κ1) is 9.64. The summed E-state index contributed by atoms with van der Waals surface area (Å²) in [5.74, 6) is 0. The summed E-state index contributed by atoms with van der Waals surface area (Å²) in [5, 5.41) is 11.9. The zero-order valence-electron chi connectivity index (χ0n) is 7.16. The van der Waals surface area contributed by atoms with Gasteiger partial charge in [-0.1, -0.05) is 0 Å². The first-order valence-corrected chi connectivity index (χ1v) is 4.92. The molecular formula is C8H14N2OS. The van der Waals surface area contributed by atoms with Gasteiger partial charge in [0.15, 0.2) is 0 Å². The first-order valence-electron chi connectivity index (χ1n) is 4.04. The molecule has 0 fully saturated rings. The number of nitrogens with zero attached hydrogens (tertiary/aromatic N) is 1. The molecule has 1 heterocycles. The number of aromatic nitrogens is 1. The zero-order chi connectivity index (χ0) is 8.81. The lowest BCUT2D eigenvalue weighted by molar-refractivity contribution is 0.269. The molecule has 0 aliphatic carbocycles.